The number of likely N-dealkylation sites (N-methyl/N-ethyl adjacent to an activating group) is 1. The number of nitrogens with zero attached hydrogens (tertiary/aromatic N) is 1. The first kappa shape index (κ1) is 23.5. The van der Waals surface area contributed by atoms with Crippen LogP contribution in [0.5, 0.6) is 11.5 Å². The number of hydrogen-bond donors (Lipinski definition) is 3. The van der Waals surface area contributed by atoms with Gasteiger partial charge in [-0.25, -0.2) is 4.79 Å². The van der Waals surface area contributed by atoms with Gasteiger partial charge in [0.05, 0.1) is 12.5 Å². The predicted molar refractivity (Wildman–Crippen MR) is 119 cm³/mol. The summed E-state index contributed by atoms with van der Waals surface area (Å²) in [7, 11) is 1.89. The average Bonchev–Trinajstić information content (AvgIpc) is 3.17. The normalized spacial score (nSPS) is 16.4. The van der Waals surface area contributed by atoms with Gasteiger partial charge in [-0.2, -0.15) is 0 Å². The molecule has 7 nitrogen and oxygen atoms in total. The molecule has 4 N–H and O–H groups in total. The van der Waals surface area contributed by atoms with Crippen molar-refractivity contribution >= 4 is 24.3 Å². The van der Waals surface area contributed by atoms with Crippen molar-refractivity contribution in [3.63, 3.8) is 0 Å². The van der Waals surface area contributed by atoms with Crippen LogP contribution in [0.4, 0.5) is 4.79 Å². The summed E-state index contributed by atoms with van der Waals surface area (Å²) in [5.74, 6) is 1.36. The van der Waals surface area contributed by atoms with Crippen LogP contribution in [0.2, 0.25) is 0 Å². The molecule has 30 heavy (non-hydrogen) atoms. The first-order valence-electron chi connectivity index (χ1n) is 9.89. The van der Waals surface area contributed by atoms with Crippen LogP contribution in [0.15, 0.2) is 54.6 Å². The van der Waals surface area contributed by atoms with Gasteiger partial charge in [0.2, 0.25) is 5.91 Å². The third-order valence-corrected chi connectivity index (χ3v) is 5.07. The van der Waals surface area contributed by atoms with E-state index in [-0.39, 0.29) is 30.8 Å². The fourth-order valence-corrected chi connectivity index (χ4v) is 3.75. The maximum atomic E-state index is 12.9. The average molecular weight is 433 g/mol. The maximum absolute atomic E-state index is 12.9. The fraction of sp³-hybridized carbons (Fsp3) is 0.364. The predicted octanol–water partition coefficient (Wildman–Crippen LogP) is 3.21. The van der Waals surface area contributed by atoms with Crippen molar-refractivity contribution in [3.8, 4) is 11.5 Å². The van der Waals surface area contributed by atoms with E-state index in [0.29, 0.717) is 11.5 Å². The highest BCUT2D eigenvalue weighted by Gasteiger charge is 2.30. The molecule has 1 heterocycles. The monoisotopic (exact) mass is 432 g/mol. The van der Waals surface area contributed by atoms with E-state index < -0.39 is 12.1 Å². The zero-order valence-corrected chi connectivity index (χ0v) is 17.9. The number of likely N-dealkylation sites (tertiary alicyclic amines) is 1. The molecule has 1 fully saturated rings. The Morgan fingerprint density at radius 2 is 1.90 bits per heavy atom. The van der Waals surface area contributed by atoms with Gasteiger partial charge >= 0.3 is 6.03 Å². The fourth-order valence-electron chi connectivity index (χ4n) is 3.75. The van der Waals surface area contributed by atoms with Crippen molar-refractivity contribution in [2.24, 2.45) is 5.73 Å². The molecule has 3 amide bonds. The highest BCUT2D eigenvalue weighted by Crippen LogP contribution is 2.27. The Balaban J connectivity index is 0.00000320. The van der Waals surface area contributed by atoms with Gasteiger partial charge in [0.1, 0.15) is 11.5 Å². The number of amides is 3. The number of nitrogens with two attached hydrogens (primary N) is 1. The van der Waals surface area contributed by atoms with Crippen molar-refractivity contribution < 1.29 is 14.3 Å². The number of carbonyl (C=O) groups is 2. The summed E-state index contributed by atoms with van der Waals surface area (Å²) >= 11 is 0. The van der Waals surface area contributed by atoms with E-state index >= 15 is 0 Å². The number of urea groups is 1. The summed E-state index contributed by atoms with van der Waals surface area (Å²) in [5.41, 5.74) is 6.15. The molecule has 162 valence electrons. The Labute approximate surface area is 183 Å². The van der Waals surface area contributed by atoms with Gasteiger partial charge in [-0.05, 0) is 49.7 Å². The van der Waals surface area contributed by atoms with E-state index in [9.17, 15) is 9.59 Å². The third-order valence-electron chi connectivity index (χ3n) is 5.07. The minimum absolute atomic E-state index is 0. The minimum atomic E-state index is -0.662. The van der Waals surface area contributed by atoms with Crippen LogP contribution in [0, 0.1) is 0 Å². The van der Waals surface area contributed by atoms with Crippen molar-refractivity contribution in [2.45, 2.75) is 31.3 Å². The second-order valence-electron chi connectivity index (χ2n) is 7.19. The number of ether oxygens (including phenoxy) is 1. The molecule has 2 unspecified atom stereocenters. The van der Waals surface area contributed by atoms with Crippen molar-refractivity contribution in [1.82, 2.24) is 15.5 Å². The van der Waals surface area contributed by atoms with Gasteiger partial charge in [-0.3, -0.25) is 4.79 Å². The molecule has 3 rings (SSSR count). The number of nitrogens with one attached hydrogen (secondary N) is 2. The Kier molecular flexibility index (Phi) is 8.95. The lowest BCUT2D eigenvalue weighted by Crippen LogP contribution is -2.43. The van der Waals surface area contributed by atoms with Crippen LogP contribution < -0.4 is 21.1 Å². The SMILES string of the molecule is CNCC1CCCN1C(=O)CC(NC(N)=O)c1cccc(Oc2ccccc2)c1.Cl. The molecular formula is C22H29ClN4O3. The van der Waals surface area contributed by atoms with E-state index in [4.69, 9.17) is 10.5 Å². The van der Waals surface area contributed by atoms with Crippen molar-refractivity contribution in [3.05, 3.63) is 60.2 Å². The third kappa shape index (κ3) is 6.37. The first-order chi connectivity index (χ1) is 14.1. The summed E-state index contributed by atoms with van der Waals surface area (Å²) < 4.78 is 5.88. The molecule has 0 aliphatic carbocycles. The number of halogens is 1. The van der Waals surface area contributed by atoms with Crippen LogP contribution in [-0.4, -0.2) is 43.0 Å². The molecule has 0 spiro atoms. The lowest BCUT2D eigenvalue weighted by Gasteiger charge is -2.27. The molecule has 2 atom stereocenters. The number of carbonyl (C=O) groups excluding carboxylic acids is 2. The van der Waals surface area contributed by atoms with Gasteiger partial charge in [0.15, 0.2) is 0 Å². The Bertz CT molecular complexity index is 834. The van der Waals surface area contributed by atoms with Crippen LogP contribution in [0.1, 0.15) is 30.9 Å². The summed E-state index contributed by atoms with van der Waals surface area (Å²) in [6, 6.07) is 15.8. The zero-order chi connectivity index (χ0) is 20.6. The number of hydrogen-bond acceptors (Lipinski definition) is 4. The molecule has 1 aliphatic rings. The molecule has 8 heteroatoms. The smallest absolute Gasteiger partial charge is 0.312 e. The van der Waals surface area contributed by atoms with Crippen LogP contribution in [-0.2, 0) is 4.79 Å². The second kappa shape index (κ2) is 11.4. The minimum Gasteiger partial charge on any atom is -0.457 e. The quantitative estimate of drug-likeness (QED) is 0.596. The van der Waals surface area contributed by atoms with E-state index in [1.54, 1.807) is 0 Å². The van der Waals surface area contributed by atoms with E-state index in [1.807, 2.05) is 66.5 Å². The van der Waals surface area contributed by atoms with Crippen LogP contribution in [0.3, 0.4) is 0 Å². The summed E-state index contributed by atoms with van der Waals surface area (Å²) in [5, 5.41) is 5.85. The lowest BCUT2D eigenvalue weighted by atomic mass is 10.0. The molecule has 0 aromatic heterocycles. The van der Waals surface area contributed by atoms with E-state index in [0.717, 1.165) is 31.5 Å². The van der Waals surface area contributed by atoms with E-state index in [1.165, 1.54) is 0 Å². The molecule has 2 aromatic carbocycles. The molecule has 0 radical (unpaired) electrons. The standard InChI is InChI=1S/C22H28N4O3.ClH/c1-24-15-17-8-6-12-26(17)21(27)14-20(25-22(23)28)16-7-5-11-19(13-16)29-18-9-3-2-4-10-18;/h2-5,7,9-11,13,17,20,24H,6,8,12,14-15H2,1H3,(H3,23,25,28);1H. The maximum Gasteiger partial charge on any atom is 0.312 e. The summed E-state index contributed by atoms with van der Waals surface area (Å²) in [6.45, 7) is 1.51. The highest BCUT2D eigenvalue weighted by atomic mass is 35.5. The molecule has 0 saturated carbocycles. The number of benzene rings is 2. The molecule has 0 bridgehead atoms. The summed E-state index contributed by atoms with van der Waals surface area (Å²) in [6.07, 6.45) is 2.13. The zero-order valence-electron chi connectivity index (χ0n) is 17.0. The Morgan fingerprint density at radius 3 is 2.60 bits per heavy atom. The van der Waals surface area contributed by atoms with Crippen molar-refractivity contribution in [2.75, 3.05) is 20.1 Å². The second-order valence-corrected chi connectivity index (χ2v) is 7.19. The number of para-hydroxylation sites is 1. The van der Waals surface area contributed by atoms with Crippen molar-refractivity contribution in [1.29, 1.82) is 0 Å². The molecule has 1 aliphatic heterocycles. The molecule has 2 aromatic rings. The Morgan fingerprint density at radius 1 is 1.17 bits per heavy atom. The van der Waals surface area contributed by atoms with Gasteiger partial charge < -0.3 is 26.0 Å². The molecule has 1 saturated heterocycles. The van der Waals surface area contributed by atoms with Gasteiger partial charge in [0.25, 0.3) is 0 Å². The van der Waals surface area contributed by atoms with Gasteiger partial charge in [-0.1, -0.05) is 30.3 Å². The van der Waals surface area contributed by atoms with Gasteiger partial charge in [-0.15, -0.1) is 12.4 Å². The largest absolute Gasteiger partial charge is 0.457 e. The van der Waals surface area contributed by atoms with Gasteiger partial charge in [0, 0.05) is 19.1 Å². The number of primary amides is 1. The Hall–Kier alpha value is -2.77. The van der Waals surface area contributed by atoms with Crippen LogP contribution in [0.25, 0.3) is 0 Å². The van der Waals surface area contributed by atoms with E-state index in [2.05, 4.69) is 10.6 Å². The topological polar surface area (TPSA) is 96.7 Å². The first-order valence-corrected chi connectivity index (χ1v) is 9.89. The lowest BCUT2D eigenvalue weighted by molar-refractivity contribution is -0.132. The van der Waals surface area contributed by atoms with Crippen LogP contribution >= 0.6 is 12.4 Å². The summed E-state index contributed by atoms with van der Waals surface area (Å²) in [4.78, 5) is 26.4. The molecular weight excluding hydrogens is 404 g/mol. The highest BCUT2D eigenvalue weighted by molar-refractivity contribution is 5.85. The number of rotatable bonds is 8.